The maximum atomic E-state index is 11.9. The molecule has 0 unspecified atom stereocenters. The standard InChI is InChI=1S/C11H22F2N2O3S.C8H20N/c12-11(13)5-3-1-2-4-10-18-19(16,17)15-8-6-14-7-9-15;1-5-9(6-2,7-3)8-4/h11,14H,1-10H2;5-8H2,1-4H3/q;+1. The molecule has 1 heterocycles. The number of halogens is 2. The molecule has 0 bridgehead atoms. The summed E-state index contributed by atoms with van der Waals surface area (Å²) in [5, 5.41) is 3.06. The fourth-order valence-corrected chi connectivity index (χ4v) is 4.31. The molecule has 1 aliphatic rings. The van der Waals surface area contributed by atoms with Crippen molar-refractivity contribution in [3.05, 3.63) is 0 Å². The molecule has 0 aromatic heterocycles. The van der Waals surface area contributed by atoms with Crippen LogP contribution < -0.4 is 5.32 Å². The lowest BCUT2D eigenvalue weighted by Crippen LogP contribution is -2.47. The number of hydrogen-bond donors (Lipinski definition) is 1. The number of hydrogen-bond acceptors (Lipinski definition) is 4. The highest BCUT2D eigenvalue weighted by Gasteiger charge is 2.24. The van der Waals surface area contributed by atoms with Crippen molar-refractivity contribution in [2.75, 3.05) is 59.0 Å². The minimum Gasteiger partial charge on any atom is -0.325 e. The summed E-state index contributed by atoms with van der Waals surface area (Å²) in [6.07, 6.45) is 0.117. The number of piperazine rings is 1. The summed E-state index contributed by atoms with van der Waals surface area (Å²) in [5.41, 5.74) is 0. The Kier molecular flexibility index (Phi) is 15.3. The van der Waals surface area contributed by atoms with Crippen LogP contribution in [0, 0.1) is 0 Å². The normalized spacial score (nSPS) is 16.1. The van der Waals surface area contributed by atoms with E-state index in [4.69, 9.17) is 4.18 Å². The molecular formula is C19H42F2N3O3S+. The van der Waals surface area contributed by atoms with E-state index >= 15 is 0 Å². The van der Waals surface area contributed by atoms with Gasteiger partial charge < -0.3 is 9.80 Å². The second-order valence-electron chi connectivity index (χ2n) is 7.13. The molecule has 0 atom stereocenters. The topological polar surface area (TPSA) is 58.6 Å². The van der Waals surface area contributed by atoms with Crippen LogP contribution >= 0.6 is 0 Å². The first-order chi connectivity index (χ1) is 13.3. The molecule has 0 aromatic rings. The van der Waals surface area contributed by atoms with Gasteiger partial charge in [0, 0.05) is 32.6 Å². The van der Waals surface area contributed by atoms with E-state index in [2.05, 4.69) is 33.0 Å². The van der Waals surface area contributed by atoms with Crippen LogP contribution in [-0.2, 0) is 14.5 Å². The SMILES string of the molecule is CC[N+](CC)(CC)CC.O=S(=O)(OCCCCCCC(F)F)N1CCNCC1. The minimum atomic E-state index is -3.62. The molecule has 0 amide bonds. The quantitative estimate of drug-likeness (QED) is 0.360. The van der Waals surface area contributed by atoms with E-state index in [1.807, 2.05) is 0 Å². The molecule has 0 radical (unpaired) electrons. The van der Waals surface area contributed by atoms with Crippen LogP contribution in [0.25, 0.3) is 0 Å². The zero-order valence-corrected chi connectivity index (χ0v) is 19.1. The van der Waals surface area contributed by atoms with Gasteiger partial charge in [-0.05, 0) is 40.5 Å². The summed E-state index contributed by atoms with van der Waals surface area (Å²) in [5.74, 6) is 0. The first-order valence-electron chi connectivity index (χ1n) is 10.7. The molecule has 1 aliphatic heterocycles. The molecule has 28 heavy (non-hydrogen) atoms. The van der Waals surface area contributed by atoms with E-state index in [1.165, 1.54) is 35.0 Å². The molecule has 0 spiro atoms. The van der Waals surface area contributed by atoms with Gasteiger partial charge in [-0.1, -0.05) is 12.8 Å². The van der Waals surface area contributed by atoms with Gasteiger partial charge in [-0.25, -0.2) is 8.78 Å². The third-order valence-electron chi connectivity index (χ3n) is 5.62. The fraction of sp³-hybridized carbons (Fsp3) is 1.00. The van der Waals surface area contributed by atoms with E-state index in [-0.39, 0.29) is 13.0 Å². The van der Waals surface area contributed by atoms with Gasteiger partial charge in [-0.15, -0.1) is 0 Å². The van der Waals surface area contributed by atoms with E-state index in [0.29, 0.717) is 51.9 Å². The summed E-state index contributed by atoms with van der Waals surface area (Å²) < 4.78 is 54.7. The Balaban J connectivity index is 0.000000684. The van der Waals surface area contributed by atoms with Gasteiger partial charge in [-0.2, -0.15) is 12.7 Å². The van der Waals surface area contributed by atoms with Gasteiger partial charge >= 0.3 is 10.3 Å². The molecule has 0 saturated carbocycles. The molecule has 1 fully saturated rings. The molecule has 0 aromatic carbocycles. The Hall–Kier alpha value is -0.350. The van der Waals surface area contributed by atoms with Crippen molar-refractivity contribution >= 4 is 10.3 Å². The van der Waals surface area contributed by atoms with E-state index in [1.54, 1.807) is 0 Å². The predicted molar refractivity (Wildman–Crippen MR) is 111 cm³/mol. The van der Waals surface area contributed by atoms with Crippen LogP contribution in [0.3, 0.4) is 0 Å². The van der Waals surface area contributed by atoms with Crippen molar-refractivity contribution in [2.24, 2.45) is 0 Å². The Morgan fingerprint density at radius 3 is 1.86 bits per heavy atom. The summed E-state index contributed by atoms with van der Waals surface area (Å²) in [6.45, 7) is 16.5. The van der Waals surface area contributed by atoms with Crippen molar-refractivity contribution in [3.63, 3.8) is 0 Å². The maximum absolute atomic E-state index is 11.9. The van der Waals surface area contributed by atoms with Gasteiger partial charge in [0.1, 0.15) is 0 Å². The highest BCUT2D eigenvalue weighted by Crippen LogP contribution is 2.10. The highest BCUT2D eigenvalue weighted by molar-refractivity contribution is 7.84. The summed E-state index contributed by atoms with van der Waals surface area (Å²) in [6, 6.07) is 0. The van der Waals surface area contributed by atoms with Crippen LogP contribution in [0.1, 0.15) is 59.8 Å². The number of unbranched alkanes of at least 4 members (excludes halogenated alkanes) is 3. The largest absolute Gasteiger partial charge is 0.338 e. The van der Waals surface area contributed by atoms with Crippen molar-refractivity contribution in [1.82, 2.24) is 9.62 Å². The molecule has 1 N–H and O–H groups in total. The van der Waals surface area contributed by atoms with Crippen LogP contribution in [0.4, 0.5) is 8.78 Å². The van der Waals surface area contributed by atoms with Crippen LogP contribution in [0.15, 0.2) is 0 Å². The zero-order valence-electron chi connectivity index (χ0n) is 18.3. The lowest BCUT2D eigenvalue weighted by atomic mass is 10.1. The fourth-order valence-electron chi connectivity index (χ4n) is 3.20. The summed E-state index contributed by atoms with van der Waals surface area (Å²) >= 11 is 0. The summed E-state index contributed by atoms with van der Waals surface area (Å²) in [4.78, 5) is 0. The van der Waals surface area contributed by atoms with Gasteiger partial charge in [0.2, 0.25) is 6.43 Å². The van der Waals surface area contributed by atoms with Gasteiger partial charge in [-0.3, -0.25) is 4.18 Å². The lowest BCUT2D eigenvalue weighted by molar-refractivity contribution is -0.921. The molecule has 1 rings (SSSR count). The van der Waals surface area contributed by atoms with E-state index in [9.17, 15) is 17.2 Å². The average molecular weight is 431 g/mol. The van der Waals surface area contributed by atoms with Crippen molar-refractivity contribution in [3.8, 4) is 0 Å². The molecule has 9 heteroatoms. The zero-order chi connectivity index (χ0) is 21.5. The van der Waals surface area contributed by atoms with Gasteiger partial charge in [0.05, 0.1) is 32.8 Å². The second-order valence-corrected chi connectivity index (χ2v) is 8.74. The monoisotopic (exact) mass is 430 g/mol. The Morgan fingerprint density at radius 2 is 1.43 bits per heavy atom. The van der Waals surface area contributed by atoms with Crippen LogP contribution in [0.5, 0.6) is 0 Å². The van der Waals surface area contributed by atoms with E-state index < -0.39 is 16.7 Å². The number of nitrogens with one attached hydrogen (secondary N) is 1. The predicted octanol–water partition coefficient (Wildman–Crippen LogP) is 3.25. The highest BCUT2D eigenvalue weighted by atomic mass is 32.2. The van der Waals surface area contributed by atoms with Crippen LogP contribution in [-0.4, -0.2) is 82.6 Å². The van der Waals surface area contributed by atoms with E-state index in [0.717, 1.165) is 0 Å². The van der Waals surface area contributed by atoms with Gasteiger partial charge in [0.15, 0.2) is 0 Å². The third-order valence-corrected chi connectivity index (χ3v) is 7.09. The number of alkyl halides is 2. The van der Waals surface area contributed by atoms with Crippen molar-refractivity contribution < 1.29 is 25.9 Å². The first kappa shape index (κ1) is 27.6. The second kappa shape index (κ2) is 15.5. The van der Waals surface area contributed by atoms with Crippen molar-refractivity contribution in [2.45, 2.75) is 66.2 Å². The average Bonchev–Trinajstić information content (AvgIpc) is 2.70. The Bertz CT molecular complexity index is 452. The van der Waals surface area contributed by atoms with Crippen molar-refractivity contribution in [1.29, 1.82) is 0 Å². The molecule has 6 nitrogen and oxygen atoms in total. The number of quaternary nitrogens is 1. The smallest absolute Gasteiger partial charge is 0.325 e. The minimum absolute atomic E-state index is 0.0834. The summed E-state index contributed by atoms with van der Waals surface area (Å²) in [7, 11) is -3.62. The van der Waals surface area contributed by atoms with Crippen LogP contribution in [0.2, 0.25) is 0 Å². The third kappa shape index (κ3) is 11.6. The number of rotatable bonds is 13. The lowest BCUT2D eigenvalue weighted by Gasteiger charge is -2.34. The molecule has 170 valence electrons. The Morgan fingerprint density at radius 1 is 0.929 bits per heavy atom. The molecule has 0 aliphatic carbocycles. The van der Waals surface area contributed by atoms with Gasteiger partial charge in [0.25, 0.3) is 0 Å². The molecular weight excluding hydrogens is 388 g/mol. The Labute approximate surface area is 171 Å². The molecule has 1 saturated heterocycles. The number of nitrogens with zero attached hydrogens (tertiary/aromatic N) is 2. The first-order valence-corrected chi connectivity index (χ1v) is 12.1. The maximum Gasteiger partial charge on any atom is 0.338 e.